The Bertz CT molecular complexity index is 827. The van der Waals surface area contributed by atoms with Gasteiger partial charge in [0.15, 0.2) is 5.13 Å². The van der Waals surface area contributed by atoms with Crippen molar-refractivity contribution in [2.75, 3.05) is 24.3 Å². The zero-order valence-electron chi connectivity index (χ0n) is 12.9. The van der Waals surface area contributed by atoms with E-state index in [0.717, 1.165) is 27.8 Å². The lowest BCUT2D eigenvalue weighted by molar-refractivity contribution is 1.13. The highest BCUT2D eigenvalue weighted by Crippen LogP contribution is 2.28. The summed E-state index contributed by atoms with van der Waals surface area (Å²) < 4.78 is 0. The molecule has 0 spiro atoms. The summed E-state index contributed by atoms with van der Waals surface area (Å²) in [5.41, 5.74) is 4.75. The maximum Gasteiger partial charge on any atom is 0.187 e. The number of hydrogen-bond donors (Lipinski definition) is 1. The van der Waals surface area contributed by atoms with E-state index in [1.54, 1.807) is 11.3 Å². The van der Waals surface area contributed by atoms with Crippen molar-refractivity contribution < 1.29 is 0 Å². The number of rotatable bonds is 4. The van der Waals surface area contributed by atoms with Gasteiger partial charge in [-0.2, -0.15) is 5.26 Å². The van der Waals surface area contributed by atoms with E-state index in [1.165, 1.54) is 0 Å². The lowest BCUT2D eigenvalue weighted by Gasteiger charge is -2.12. The predicted octanol–water partition coefficient (Wildman–Crippen LogP) is 4.49. The molecular formula is C18H16N4S. The Hall–Kier alpha value is -2.84. The van der Waals surface area contributed by atoms with E-state index in [2.05, 4.69) is 33.4 Å². The smallest absolute Gasteiger partial charge is 0.187 e. The molecule has 0 amide bonds. The summed E-state index contributed by atoms with van der Waals surface area (Å²) in [6.07, 6.45) is 0. The highest BCUT2D eigenvalue weighted by molar-refractivity contribution is 7.14. The van der Waals surface area contributed by atoms with Crippen LogP contribution in [0.3, 0.4) is 0 Å². The van der Waals surface area contributed by atoms with Crippen LogP contribution in [0.1, 0.15) is 5.56 Å². The Balaban J connectivity index is 1.75. The minimum atomic E-state index is 0.656. The van der Waals surface area contributed by atoms with E-state index in [4.69, 9.17) is 5.26 Å². The van der Waals surface area contributed by atoms with E-state index in [1.807, 2.05) is 55.9 Å². The van der Waals surface area contributed by atoms with Gasteiger partial charge in [0.05, 0.1) is 17.3 Å². The van der Waals surface area contributed by atoms with E-state index < -0.39 is 0 Å². The van der Waals surface area contributed by atoms with E-state index in [0.29, 0.717) is 5.56 Å². The minimum Gasteiger partial charge on any atom is -0.378 e. The standard InChI is InChI=1S/C18H16N4S/c1-22(2)16-9-7-15(8-10-16)20-18-21-17(12-23-18)14-5-3-13(11-19)4-6-14/h3-10,12H,1-2H3,(H,20,21). The second-order valence-electron chi connectivity index (χ2n) is 5.29. The fraction of sp³-hybridized carbons (Fsp3) is 0.111. The van der Waals surface area contributed by atoms with Gasteiger partial charge in [0.2, 0.25) is 0 Å². The number of anilines is 3. The maximum absolute atomic E-state index is 8.84. The molecule has 0 saturated heterocycles. The fourth-order valence-electron chi connectivity index (χ4n) is 2.15. The SMILES string of the molecule is CN(C)c1ccc(Nc2nc(-c3ccc(C#N)cc3)cs2)cc1. The Morgan fingerprint density at radius 1 is 1.04 bits per heavy atom. The molecule has 1 N–H and O–H groups in total. The number of nitriles is 1. The van der Waals surface area contributed by atoms with E-state index in [9.17, 15) is 0 Å². The van der Waals surface area contributed by atoms with Gasteiger partial charge in [0.25, 0.3) is 0 Å². The maximum atomic E-state index is 8.84. The van der Waals surface area contributed by atoms with Crippen molar-refractivity contribution >= 4 is 27.8 Å². The third-order valence-corrected chi connectivity index (χ3v) is 4.21. The summed E-state index contributed by atoms with van der Waals surface area (Å²) >= 11 is 1.56. The molecule has 5 heteroatoms. The van der Waals surface area contributed by atoms with Gasteiger partial charge in [0.1, 0.15) is 0 Å². The summed E-state index contributed by atoms with van der Waals surface area (Å²) in [5, 5.41) is 15.0. The first-order valence-electron chi connectivity index (χ1n) is 7.16. The zero-order chi connectivity index (χ0) is 16.2. The Morgan fingerprint density at radius 3 is 2.35 bits per heavy atom. The normalized spacial score (nSPS) is 10.1. The van der Waals surface area contributed by atoms with Crippen LogP contribution in [-0.4, -0.2) is 19.1 Å². The van der Waals surface area contributed by atoms with Crippen LogP contribution in [0.5, 0.6) is 0 Å². The first-order chi connectivity index (χ1) is 11.2. The van der Waals surface area contributed by atoms with Gasteiger partial charge in [-0.3, -0.25) is 0 Å². The van der Waals surface area contributed by atoms with Gasteiger partial charge in [-0.15, -0.1) is 11.3 Å². The molecule has 0 atom stereocenters. The molecule has 0 aliphatic carbocycles. The molecule has 0 fully saturated rings. The third kappa shape index (κ3) is 3.50. The van der Waals surface area contributed by atoms with Crippen LogP contribution >= 0.6 is 11.3 Å². The second kappa shape index (κ2) is 6.51. The molecule has 1 heterocycles. The van der Waals surface area contributed by atoms with E-state index >= 15 is 0 Å². The minimum absolute atomic E-state index is 0.656. The van der Waals surface area contributed by atoms with Crippen molar-refractivity contribution in [1.82, 2.24) is 4.98 Å². The quantitative estimate of drug-likeness (QED) is 0.769. The van der Waals surface area contributed by atoms with Crippen molar-refractivity contribution in [1.29, 1.82) is 5.26 Å². The van der Waals surface area contributed by atoms with Crippen LogP contribution in [0, 0.1) is 11.3 Å². The monoisotopic (exact) mass is 320 g/mol. The molecule has 3 aromatic rings. The van der Waals surface area contributed by atoms with Crippen molar-refractivity contribution in [3.05, 3.63) is 59.5 Å². The summed E-state index contributed by atoms with van der Waals surface area (Å²) in [5.74, 6) is 0. The van der Waals surface area contributed by atoms with Crippen molar-refractivity contribution in [2.45, 2.75) is 0 Å². The molecule has 0 unspecified atom stereocenters. The Labute approximate surface area is 139 Å². The molecule has 114 valence electrons. The first-order valence-corrected chi connectivity index (χ1v) is 8.04. The first kappa shape index (κ1) is 15.1. The van der Waals surface area contributed by atoms with Crippen LogP contribution < -0.4 is 10.2 Å². The molecule has 4 nitrogen and oxygen atoms in total. The van der Waals surface area contributed by atoms with Crippen LogP contribution in [0.4, 0.5) is 16.5 Å². The Kier molecular flexibility index (Phi) is 4.26. The largest absolute Gasteiger partial charge is 0.378 e. The number of hydrogen-bond acceptors (Lipinski definition) is 5. The summed E-state index contributed by atoms with van der Waals surface area (Å²) in [4.78, 5) is 6.67. The average molecular weight is 320 g/mol. The molecule has 0 aliphatic rings. The van der Waals surface area contributed by atoms with E-state index in [-0.39, 0.29) is 0 Å². The number of nitrogens with zero attached hydrogens (tertiary/aromatic N) is 3. The molecule has 0 saturated carbocycles. The van der Waals surface area contributed by atoms with Gasteiger partial charge in [-0.05, 0) is 36.4 Å². The lowest BCUT2D eigenvalue weighted by Crippen LogP contribution is -2.08. The van der Waals surface area contributed by atoms with Crippen LogP contribution in [0.25, 0.3) is 11.3 Å². The Morgan fingerprint density at radius 2 is 1.74 bits per heavy atom. The van der Waals surface area contributed by atoms with Crippen LogP contribution in [-0.2, 0) is 0 Å². The fourth-order valence-corrected chi connectivity index (χ4v) is 2.89. The lowest BCUT2D eigenvalue weighted by atomic mass is 10.1. The number of aromatic nitrogens is 1. The van der Waals surface area contributed by atoms with Crippen molar-refractivity contribution in [3.63, 3.8) is 0 Å². The molecule has 0 aliphatic heterocycles. The van der Waals surface area contributed by atoms with Gasteiger partial charge in [0, 0.05) is 36.4 Å². The molecule has 0 bridgehead atoms. The van der Waals surface area contributed by atoms with Gasteiger partial charge in [-0.1, -0.05) is 12.1 Å². The van der Waals surface area contributed by atoms with Gasteiger partial charge in [-0.25, -0.2) is 4.98 Å². The highest BCUT2D eigenvalue weighted by atomic mass is 32.1. The average Bonchev–Trinajstić information content (AvgIpc) is 3.04. The van der Waals surface area contributed by atoms with Crippen molar-refractivity contribution in [3.8, 4) is 17.3 Å². The topological polar surface area (TPSA) is 52.0 Å². The molecule has 1 aromatic heterocycles. The highest BCUT2D eigenvalue weighted by Gasteiger charge is 2.05. The second-order valence-corrected chi connectivity index (χ2v) is 6.15. The molecule has 0 radical (unpaired) electrons. The molecule has 23 heavy (non-hydrogen) atoms. The van der Waals surface area contributed by atoms with Crippen molar-refractivity contribution in [2.24, 2.45) is 0 Å². The summed E-state index contributed by atoms with van der Waals surface area (Å²) in [6, 6.07) is 17.8. The number of thiazole rings is 1. The summed E-state index contributed by atoms with van der Waals surface area (Å²) in [6.45, 7) is 0. The molecule has 3 rings (SSSR count). The third-order valence-electron chi connectivity index (χ3n) is 3.45. The zero-order valence-corrected chi connectivity index (χ0v) is 13.8. The van der Waals surface area contributed by atoms with Gasteiger partial charge >= 0.3 is 0 Å². The number of benzene rings is 2. The van der Waals surface area contributed by atoms with Crippen LogP contribution in [0.2, 0.25) is 0 Å². The summed E-state index contributed by atoms with van der Waals surface area (Å²) in [7, 11) is 4.04. The number of nitrogens with one attached hydrogen (secondary N) is 1. The van der Waals surface area contributed by atoms with Gasteiger partial charge < -0.3 is 10.2 Å². The predicted molar refractivity (Wildman–Crippen MR) is 96.3 cm³/mol. The molecule has 2 aromatic carbocycles. The van der Waals surface area contributed by atoms with Crippen LogP contribution in [0.15, 0.2) is 53.9 Å². The molecular weight excluding hydrogens is 304 g/mol.